The zero-order valence-electron chi connectivity index (χ0n) is 17.6. The number of aliphatic carboxylic acids is 1. The first-order valence-electron chi connectivity index (χ1n) is 10.00. The first kappa shape index (κ1) is 25.2. The van der Waals surface area contributed by atoms with Crippen LogP contribution in [0.5, 0.6) is 0 Å². The van der Waals surface area contributed by atoms with E-state index in [0.29, 0.717) is 25.8 Å². The first-order chi connectivity index (χ1) is 13.5. The van der Waals surface area contributed by atoms with Crippen LogP contribution in [0.15, 0.2) is 0 Å². The highest BCUT2D eigenvalue weighted by Crippen LogP contribution is 2.19. The number of amides is 3. The second-order valence-electron chi connectivity index (χ2n) is 8.24. The number of carbonyl (C=O) groups is 4. The summed E-state index contributed by atoms with van der Waals surface area (Å²) in [5.74, 6) is -2.49. The van der Waals surface area contributed by atoms with E-state index in [1.54, 1.807) is 13.8 Å². The summed E-state index contributed by atoms with van der Waals surface area (Å²) in [6.07, 6.45) is 1.49. The third-order valence-electron chi connectivity index (χ3n) is 4.92. The summed E-state index contributed by atoms with van der Waals surface area (Å²) < 4.78 is 0. The van der Waals surface area contributed by atoms with Crippen molar-refractivity contribution in [2.45, 2.75) is 71.1 Å². The van der Waals surface area contributed by atoms with Crippen molar-refractivity contribution in [3.8, 4) is 0 Å². The molecule has 0 bridgehead atoms. The largest absolute Gasteiger partial charge is 0.480 e. The molecule has 1 saturated heterocycles. The molecule has 1 aliphatic heterocycles. The van der Waals surface area contributed by atoms with E-state index in [-0.39, 0.29) is 23.5 Å². The van der Waals surface area contributed by atoms with Gasteiger partial charge in [0.1, 0.15) is 18.1 Å². The molecule has 1 heterocycles. The maximum atomic E-state index is 12.9. The van der Waals surface area contributed by atoms with Crippen LogP contribution in [-0.4, -0.2) is 70.2 Å². The fourth-order valence-electron chi connectivity index (χ4n) is 3.33. The fourth-order valence-corrected chi connectivity index (χ4v) is 3.49. The van der Waals surface area contributed by atoms with Gasteiger partial charge in [0.05, 0.1) is 6.04 Å². The van der Waals surface area contributed by atoms with Gasteiger partial charge in [0.2, 0.25) is 17.7 Å². The van der Waals surface area contributed by atoms with Crippen molar-refractivity contribution in [2.24, 2.45) is 17.6 Å². The molecule has 0 aromatic carbocycles. The molecule has 3 amide bonds. The summed E-state index contributed by atoms with van der Waals surface area (Å²) in [7, 11) is 0. The number of likely N-dealkylation sites (tertiary alicyclic amines) is 1. The number of nitrogens with one attached hydrogen (secondary N) is 2. The van der Waals surface area contributed by atoms with Gasteiger partial charge in [-0.1, -0.05) is 27.7 Å². The van der Waals surface area contributed by atoms with Crippen LogP contribution < -0.4 is 16.4 Å². The van der Waals surface area contributed by atoms with Crippen LogP contribution >= 0.6 is 12.6 Å². The minimum atomic E-state index is -1.13. The summed E-state index contributed by atoms with van der Waals surface area (Å²) in [4.78, 5) is 50.8. The molecule has 166 valence electrons. The summed E-state index contributed by atoms with van der Waals surface area (Å²) in [6.45, 7) is 7.62. The van der Waals surface area contributed by atoms with Crippen molar-refractivity contribution in [3.05, 3.63) is 0 Å². The minimum absolute atomic E-state index is 0.0901. The molecule has 1 rings (SSSR count). The summed E-state index contributed by atoms with van der Waals surface area (Å²) >= 11 is 4.04. The van der Waals surface area contributed by atoms with Crippen molar-refractivity contribution in [1.29, 1.82) is 0 Å². The number of thiol groups is 1. The van der Waals surface area contributed by atoms with Crippen LogP contribution in [0.3, 0.4) is 0 Å². The van der Waals surface area contributed by atoms with Gasteiger partial charge in [0, 0.05) is 12.3 Å². The number of nitrogens with two attached hydrogens (primary N) is 1. The Hall–Kier alpha value is -1.81. The molecule has 1 aliphatic rings. The summed E-state index contributed by atoms with van der Waals surface area (Å²) in [5.41, 5.74) is 5.77. The second kappa shape index (κ2) is 11.4. The van der Waals surface area contributed by atoms with E-state index in [2.05, 4.69) is 23.3 Å². The van der Waals surface area contributed by atoms with Crippen LogP contribution in [-0.2, 0) is 19.2 Å². The Bertz CT molecular complexity index is 613. The molecular formula is C19H34N4O5S. The Morgan fingerprint density at radius 1 is 1.17 bits per heavy atom. The Kier molecular flexibility index (Phi) is 9.91. The number of nitrogens with zero attached hydrogens (tertiary/aromatic N) is 1. The van der Waals surface area contributed by atoms with E-state index in [9.17, 15) is 24.3 Å². The molecule has 0 aromatic rings. The highest BCUT2D eigenvalue weighted by atomic mass is 32.1. The molecule has 0 radical (unpaired) electrons. The molecule has 1 fully saturated rings. The minimum Gasteiger partial charge on any atom is -0.480 e. The Morgan fingerprint density at radius 2 is 1.79 bits per heavy atom. The molecular weight excluding hydrogens is 396 g/mol. The maximum absolute atomic E-state index is 12.9. The van der Waals surface area contributed by atoms with Gasteiger partial charge in [0.15, 0.2) is 0 Å². The third kappa shape index (κ3) is 7.18. The predicted molar refractivity (Wildman–Crippen MR) is 112 cm³/mol. The molecule has 4 atom stereocenters. The topological polar surface area (TPSA) is 142 Å². The van der Waals surface area contributed by atoms with E-state index < -0.39 is 42.0 Å². The van der Waals surface area contributed by atoms with Crippen molar-refractivity contribution >= 4 is 36.3 Å². The average molecular weight is 431 g/mol. The lowest BCUT2D eigenvalue weighted by atomic mass is 10.00. The van der Waals surface area contributed by atoms with Gasteiger partial charge in [0.25, 0.3) is 0 Å². The number of rotatable bonds is 10. The molecule has 4 unspecified atom stereocenters. The first-order valence-corrected chi connectivity index (χ1v) is 10.6. The van der Waals surface area contributed by atoms with E-state index in [1.807, 2.05) is 13.8 Å². The normalized spacial score (nSPS) is 19.7. The lowest BCUT2D eigenvalue weighted by molar-refractivity contribution is -0.144. The van der Waals surface area contributed by atoms with Gasteiger partial charge in [-0.2, -0.15) is 12.6 Å². The number of carboxylic acids is 1. The average Bonchev–Trinajstić information content (AvgIpc) is 3.12. The second-order valence-corrected chi connectivity index (χ2v) is 8.60. The summed E-state index contributed by atoms with van der Waals surface area (Å²) in [5, 5.41) is 14.5. The summed E-state index contributed by atoms with van der Waals surface area (Å²) in [6, 6.07) is -3.42. The monoisotopic (exact) mass is 430 g/mol. The SMILES string of the molecule is CC(C)CC(NC(=O)C1CCCN1C(=O)C(N)CS)C(=O)NC(C(=O)O)C(C)C. The van der Waals surface area contributed by atoms with Gasteiger partial charge >= 0.3 is 5.97 Å². The van der Waals surface area contributed by atoms with Gasteiger partial charge in [-0.15, -0.1) is 0 Å². The zero-order valence-corrected chi connectivity index (χ0v) is 18.4. The number of hydrogen-bond acceptors (Lipinski definition) is 6. The van der Waals surface area contributed by atoms with E-state index >= 15 is 0 Å². The molecule has 5 N–H and O–H groups in total. The Labute approximate surface area is 177 Å². The number of carbonyl (C=O) groups excluding carboxylic acids is 3. The van der Waals surface area contributed by atoms with Crippen molar-refractivity contribution in [2.75, 3.05) is 12.3 Å². The van der Waals surface area contributed by atoms with E-state index in [0.717, 1.165) is 0 Å². The number of hydrogen-bond donors (Lipinski definition) is 5. The predicted octanol–water partition coefficient (Wildman–Crippen LogP) is -0.00920. The highest BCUT2D eigenvalue weighted by Gasteiger charge is 2.38. The third-order valence-corrected chi connectivity index (χ3v) is 5.32. The van der Waals surface area contributed by atoms with Gasteiger partial charge < -0.3 is 26.4 Å². The molecule has 0 spiro atoms. The number of carboxylic acid groups (broad SMARTS) is 1. The molecule has 29 heavy (non-hydrogen) atoms. The van der Waals surface area contributed by atoms with Crippen molar-refractivity contribution < 1.29 is 24.3 Å². The van der Waals surface area contributed by atoms with Crippen LogP contribution in [0.25, 0.3) is 0 Å². The molecule has 0 aromatic heterocycles. The standard InChI is InChI=1S/C19H34N4O5S/c1-10(2)8-13(16(24)22-15(11(3)4)19(27)28)21-17(25)14-6-5-7-23(14)18(26)12(20)9-29/h10-15,29H,5-9,20H2,1-4H3,(H,21,25)(H,22,24)(H,27,28). The molecule has 0 aliphatic carbocycles. The smallest absolute Gasteiger partial charge is 0.326 e. The van der Waals surface area contributed by atoms with Gasteiger partial charge in [-0.25, -0.2) is 4.79 Å². The van der Waals surface area contributed by atoms with Crippen molar-refractivity contribution in [1.82, 2.24) is 15.5 Å². The van der Waals surface area contributed by atoms with Crippen molar-refractivity contribution in [3.63, 3.8) is 0 Å². The molecule has 0 saturated carbocycles. The Balaban J connectivity index is 2.91. The van der Waals surface area contributed by atoms with E-state index in [1.165, 1.54) is 4.90 Å². The zero-order chi connectivity index (χ0) is 22.3. The van der Waals surface area contributed by atoms with Gasteiger partial charge in [-0.05, 0) is 31.1 Å². The molecule has 9 nitrogen and oxygen atoms in total. The fraction of sp³-hybridized carbons (Fsp3) is 0.789. The maximum Gasteiger partial charge on any atom is 0.326 e. The molecule has 10 heteroatoms. The van der Waals surface area contributed by atoms with Crippen LogP contribution in [0.4, 0.5) is 0 Å². The lowest BCUT2D eigenvalue weighted by Crippen LogP contribution is -2.57. The van der Waals surface area contributed by atoms with Crippen LogP contribution in [0, 0.1) is 11.8 Å². The van der Waals surface area contributed by atoms with Gasteiger partial charge in [-0.3, -0.25) is 14.4 Å². The van der Waals surface area contributed by atoms with Crippen LogP contribution in [0.2, 0.25) is 0 Å². The highest BCUT2D eigenvalue weighted by molar-refractivity contribution is 7.80. The quantitative estimate of drug-likeness (QED) is 0.309. The Morgan fingerprint density at radius 3 is 2.28 bits per heavy atom. The van der Waals surface area contributed by atoms with Crippen LogP contribution in [0.1, 0.15) is 47.0 Å². The lowest BCUT2D eigenvalue weighted by Gasteiger charge is -2.29. The van der Waals surface area contributed by atoms with E-state index in [4.69, 9.17) is 5.73 Å².